The zero-order valence-corrected chi connectivity index (χ0v) is 9.08. The monoisotopic (exact) mass is 194 g/mol. The van der Waals surface area contributed by atoms with Crippen LogP contribution < -0.4 is 0 Å². The van der Waals surface area contributed by atoms with E-state index in [-0.39, 0.29) is 6.10 Å². The minimum absolute atomic E-state index is 0.315. The summed E-state index contributed by atoms with van der Waals surface area (Å²) in [4.78, 5) is 0. The first kappa shape index (κ1) is 9.78. The fourth-order valence-electron chi connectivity index (χ4n) is 2.10. The molecule has 0 saturated carbocycles. The number of hydrogen-bond acceptors (Lipinski definition) is 2. The Kier molecular flexibility index (Phi) is 2.40. The summed E-state index contributed by atoms with van der Waals surface area (Å²) in [5, 5.41) is 9.87. The van der Waals surface area contributed by atoms with Crippen LogP contribution in [0.4, 0.5) is 0 Å². The minimum atomic E-state index is -0.315. The molecule has 0 fully saturated rings. The molecule has 0 aromatic carbocycles. The largest absolute Gasteiger partial charge is 0.465 e. The van der Waals surface area contributed by atoms with Crippen molar-refractivity contribution in [3.05, 3.63) is 23.2 Å². The molecule has 1 aromatic heterocycles. The third-order valence-corrected chi connectivity index (χ3v) is 2.95. The molecular weight excluding hydrogens is 176 g/mol. The fraction of sp³-hybridized carbons (Fsp3) is 0.667. The summed E-state index contributed by atoms with van der Waals surface area (Å²) in [6.07, 6.45) is 1.52. The highest BCUT2D eigenvalue weighted by atomic mass is 16.3. The van der Waals surface area contributed by atoms with Gasteiger partial charge in [-0.2, -0.15) is 0 Å². The van der Waals surface area contributed by atoms with E-state index in [0.717, 1.165) is 29.9 Å². The highest BCUT2D eigenvalue weighted by Gasteiger charge is 2.27. The Morgan fingerprint density at radius 1 is 1.50 bits per heavy atom. The Balaban J connectivity index is 2.35. The average Bonchev–Trinajstić information content (AvgIpc) is 2.47. The maximum absolute atomic E-state index is 9.87. The smallest absolute Gasteiger partial charge is 0.110 e. The second kappa shape index (κ2) is 3.43. The van der Waals surface area contributed by atoms with Crippen LogP contribution in [0.15, 0.2) is 10.5 Å². The standard InChI is InChI=1S/C12H18O2/c1-7(2)11-6-9-10(13)4-8(3)5-12(9)14-11/h6-8,10,13H,4-5H2,1-3H3. The van der Waals surface area contributed by atoms with Gasteiger partial charge in [0.15, 0.2) is 0 Å². The quantitative estimate of drug-likeness (QED) is 0.745. The lowest BCUT2D eigenvalue weighted by Crippen LogP contribution is -2.14. The molecule has 0 radical (unpaired) electrons. The van der Waals surface area contributed by atoms with Crippen LogP contribution in [-0.2, 0) is 6.42 Å². The van der Waals surface area contributed by atoms with Gasteiger partial charge in [-0.3, -0.25) is 0 Å². The molecule has 0 bridgehead atoms. The van der Waals surface area contributed by atoms with E-state index in [4.69, 9.17) is 4.42 Å². The molecule has 2 rings (SSSR count). The number of furan rings is 1. The molecule has 2 heteroatoms. The van der Waals surface area contributed by atoms with Crippen molar-refractivity contribution in [3.8, 4) is 0 Å². The molecule has 0 amide bonds. The normalized spacial score (nSPS) is 26.6. The maximum Gasteiger partial charge on any atom is 0.110 e. The molecule has 1 heterocycles. The zero-order valence-electron chi connectivity index (χ0n) is 9.08. The molecule has 1 aromatic rings. The van der Waals surface area contributed by atoms with Gasteiger partial charge in [0, 0.05) is 17.9 Å². The van der Waals surface area contributed by atoms with Crippen molar-refractivity contribution in [1.82, 2.24) is 0 Å². The van der Waals surface area contributed by atoms with Crippen molar-refractivity contribution >= 4 is 0 Å². The molecule has 1 aliphatic carbocycles. The second-order valence-electron chi connectivity index (χ2n) is 4.74. The Hall–Kier alpha value is -0.760. The van der Waals surface area contributed by atoms with Crippen LogP contribution in [0.25, 0.3) is 0 Å². The highest BCUT2D eigenvalue weighted by Crippen LogP contribution is 2.36. The van der Waals surface area contributed by atoms with Crippen molar-refractivity contribution in [2.24, 2.45) is 5.92 Å². The first-order valence-electron chi connectivity index (χ1n) is 5.38. The van der Waals surface area contributed by atoms with Crippen molar-refractivity contribution in [2.45, 2.75) is 45.6 Å². The van der Waals surface area contributed by atoms with Gasteiger partial charge in [-0.25, -0.2) is 0 Å². The number of hydrogen-bond donors (Lipinski definition) is 1. The molecule has 2 nitrogen and oxygen atoms in total. The molecule has 2 atom stereocenters. The van der Waals surface area contributed by atoms with Crippen LogP contribution in [0.1, 0.15) is 56.3 Å². The third-order valence-electron chi connectivity index (χ3n) is 2.95. The Morgan fingerprint density at radius 3 is 2.86 bits per heavy atom. The fourth-order valence-corrected chi connectivity index (χ4v) is 2.10. The Morgan fingerprint density at radius 2 is 2.21 bits per heavy atom. The molecule has 0 spiro atoms. The molecule has 1 aliphatic rings. The summed E-state index contributed by atoms with van der Waals surface area (Å²) >= 11 is 0. The topological polar surface area (TPSA) is 33.4 Å². The van der Waals surface area contributed by atoms with Crippen molar-refractivity contribution in [3.63, 3.8) is 0 Å². The predicted octanol–water partition coefficient (Wildman–Crippen LogP) is 3.02. The lowest BCUT2D eigenvalue weighted by Gasteiger charge is -2.21. The number of rotatable bonds is 1. The number of aliphatic hydroxyl groups excluding tert-OH is 1. The lowest BCUT2D eigenvalue weighted by molar-refractivity contribution is 0.131. The van der Waals surface area contributed by atoms with Crippen LogP contribution in [-0.4, -0.2) is 5.11 Å². The lowest BCUT2D eigenvalue weighted by atomic mass is 9.87. The number of fused-ring (bicyclic) bond motifs is 1. The van der Waals surface area contributed by atoms with Crippen LogP contribution in [0.2, 0.25) is 0 Å². The summed E-state index contributed by atoms with van der Waals surface area (Å²) in [5.74, 6) is 2.94. The maximum atomic E-state index is 9.87. The molecule has 0 aliphatic heterocycles. The summed E-state index contributed by atoms with van der Waals surface area (Å²) in [7, 11) is 0. The summed E-state index contributed by atoms with van der Waals surface area (Å²) in [5.41, 5.74) is 1.02. The van der Waals surface area contributed by atoms with Gasteiger partial charge in [0.05, 0.1) is 6.10 Å². The van der Waals surface area contributed by atoms with Crippen LogP contribution in [0, 0.1) is 5.92 Å². The van der Waals surface area contributed by atoms with Crippen molar-refractivity contribution in [1.29, 1.82) is 0 Å². The molecule has 14 heavy (non-hydrogen) atoms. The van der Waals surface area contributed by atoms with Gasteiger partial charge in [0.25, 0.3) is 0 Å². The Bertz CT molecular complexity index is 325. The van der Waals surface area contributed by atoms with E-state index in [1.807, 2.05) is 6.07 Å². The van der Waals surface area contributed by atoms with E-state index in [9.17, 15) is 5.11 Å². The summed E-state index contributed by atoms with van der Waals surface area (Å²) in [6, 6.07) is 2.02. The molecular formula is C12H18O2. The van der Waals surface area contributed by atoms with Crippen LogP contribution in [0.3, 0.4) is 0 Å². The van der Waals surface area contributed by atoms with Gasteiger partial charge in [0.2, 0.25) is 0 Å². The summed E-state index contributed by atoms with van der Waals surface area (Å²) in [6.45, 7) is 6.38. The first-order chi connectivity index (χ1) is 6.58. The third kappa shape index (κ3) is 1.59. The van der Waals surface area contributed by atoms with Gasteiger partial charge < -0.3 is 9.52 Å². The predicted molar refractivity (Wildman–Crippen MR) is 55.2 cm³/mol. The van der Waals surface area contributed by atoms with E-state index >= 15 is 0 Å². The number of aliphatic hydroxyl groups is 1. The van der Waals surface area contributed by atoms with Gasteiger partial charge in [-0.15, -0.1) is 0 Å². The van der Waals surface area contributed by atoms with Crippen LogP contribution >= 0.6 is 0 Å². The van der Waals surface area contributed by atoms with Gasteiger partial charge in [-0.05, 0) is 18.4 Å². The SMILES string of the molecule is CC1Cc2oc(C(C)C)cc2C(O)C1. The van der Waals surface area contributed by atoms with Gasteiger partial charge in [-0.1, -0.05) is 20.8 Å². The first-order valence-corrected chi connectivity index (χ1v) is 5.38. The molecule has 78 valence electrons. The Labute approximate surface area is 84.9 Å². The molecule has 2 unspecified atom stereocenters. The summed E-state index contributed by atoms with van der Waals surface area (Å²) < 4.78 is 5.75. The van der Waals surface area contributed by atoms with Gasteiger partial charge >= 0.3 is 0 Å². The highest BCUT2D eigenvalue weighted by molar-refractivity contribution is 5.28. The minimum Gasteiger partial charge on any atom is -0.465 e. The van der Waals surface area contributed by atoms with Crippen LogP contribution in [0.5, 0.6) is 0 Å². The second-order valence-corrected chi connectivity index (χ2v) is 4.74. The zero-order chi connectivity index (χ0) is 10.3. The van der Waals surface area contributed by atoms with Gasteiger partial charge in [0.1, 0.15) is 11.5 Å². The average molecular weight is 194 g/mol. The molecule has 1 N–H and O–H groups in total. The van der Waals surface area contributed by atoms with Crippen molar-refractivity contribution in [2.75, 3.05) is 0 Å². The van der Waals surface area contributed by atoms with E-state index in [1.54, 1.807) is 0 Å². The van der Waals surface area contributed by atoms with Crippen molar-refractivity contribution < 1.29 is 9.52 Å². The van der Waals surface area contributed by atoms with E-state index in [2.05, 4.69) is 20.8 Å². The van der Waals surface area contributed by atoms with E-state index in [1.165, 1.54) is 0 Å². The van der Waals surface area contributed by atoms with E-state index in [0.29, 0.717) is 11.8 Å². The molecule has 0 saturated heterocycles. The van der Waals surface area contributed by atoms with E-state index < -0.39 is 0 Å².